The van der Waals surface area contributed by atoms with Crippen molar-refractivity contribution in [2.45, 2.75) is 52.1 Å². The Hall–Kier alpha value is -3.26. The Morgan fingerprint density at radius 3 is 2.21 bits per heavy atom. The van der Waals surface area contributed by atoms with Gasteiger partial charge in [0, 0.05) is 69.3 Å². The first kappa shape index (κ1) is 30.3. The molecular formula is C28H34F5N5O. The monoisotopic (exact) mass is 551 g/mol. The van der Waals surface area contributed by atoms with Crippen LogP contribution in [0.5, 0.6) is 0 Å². The third-order valence-electron chi connectivity index (χ3n) is 6.70. The van der Waals surface area contributed by atoms with E-state index in [1.165, 1.54) is 29.2 Å². The molecule has 0 aliphatic carbocycles. The lowest BCUT2D eigenvalue weighted by atomic mass is 9.95. The summed E-state index contributed by atoms with van der Waals surface area (Å²) in [5.41, 5.74) is 0.612. The predicted molar refractivity (Wildman–Crippen MR) is 140 cm³/mol. The summed E-state index contributed by atoms with van der Waals surface area (Å²) in [5, 5.41) is 9.28. The highest BCUT2D eigenvalue weighted by Crippen LogP contribution is 2.31. The molecule has 3 rings (SSSR count). The van der Waals surface area contributed by atoms with Crippen molar-refractivity contribution in [2.24, 2.45) is 10.4 Å². The maximum Gasteiger partial charge on any atom is 0.389 e. The van der Waals surface area contributed by atoms with Crippen molar-refractivity contribution < 1.29 is 26.7 Å². The van der Waals surface area contributed by atoms with Crippen molar-refractivity contribution in [3.05, 3.63) is 53.7 Å². The van der Waals surface area contributed by atoms with Gasteiger partial charge in [-0.3, -0.25) is 9.69 Å². The van der Waals surface area contributed by atoms with Crippen molar-refractivity contribution in [1.29, 1.82) is 5.26 Å². The maximum absolute atomic E-state index is 13.6. The summed E-state index contributed by atoms with van der Waals surface area (Å²) in [4.78, 5) is 23.1. The zero-order valence-corrected chi connectivity index (χ0v) is 22.5. The van der Waals surface area contributed by atoms with Crippen LogP contribution in [0.25, 0.3) is 5.70 Å². The summed E-state index contributed by atoms with van der Waals surface area (Å²) < 4.78 is 65.8. The fourth-order valence-corrected chi connectivity index (χ4v) is 4.53. The van der Waals surface area contributed by atoms with Crippen LogP contribution < -0.4 is 0 Å². The van der Waals surface area contributed by atoms with Crippen LogP contribution in [0.15, 0.2) is 47.6 Å². The molecule has 1 aromatic carbocycles. The molecule has 1 amide bonds. The van der Waals surface area contributed by atoms with E-state index < -0.39 is 23.9 Å². The number of benzene rings is 1. The fraction of sp³-hybridized carbons (Fsp3) is 0.536. The van der Waals surface area contributed by atoms with Gasteiger partial charge in [-0.25, -0.2) is 13.8 Å². The average molecular weight is 552 g/mol. The molecule has 2 heterocycles. The third-order valence-corrected chi connectivity index (χ3v) is 6.70. The van der Waals surface area contributed by atoms with E-state index in [9.17, 15) is 32.0 Å². The van der Waals surface area contributed by atoms with E-state index in [4.69, 9.17) is 0 Å². The molecule has 2 aliphatic rings. The summed E-state index contributed by atoms with van der Waals surface area (Å²) in [6.45, 7) is 11.2. The quantitative estimate of drug-likeness (QED) is 0.365. The molecule has 0 saturated carbocycles. The molecule has 0 unspecified atom stereocenters. The number of alkyl halides is 5. The van der Waals surface area contributed by atoms with E-state index in [2.05, 4.69) is 22.5 Å². The van der Waals surface area contributed by atoms with Crippen molar-refractivity contribution in [2.75, 3.05) is 39.3 Å². The SMILES string of the molecule is C=C1C=C(c2ccc(C(C)(F)F)cc2)N=C(CCCC(F)(F)F)N1CC(=O)N1CCN(CC(C)(C)C#N)CC1. The van der Waals surface area contributed by atoms with Crippen molar-refractivity contribution >= 4 is 17.4 Å². The minimum Gasteiger partial charge on any atom is -0.339 e. The van der Waals surface area contributed by atoms with E-state index in [1.54, 1.807) is 11.0 Å². The number of amidine groups is 1. The summed E-state index contributed by atoms with van der Waals surface area (Å²) in [6.07, 6.45) is -3.98. The molecule has 0 N–H and O–H groups in total. The van der Waals surface area contributed by atoms with Gasteiger partial charge in [-0.1, -0.05) is 30.8 Å². The summed E-state index contributed by atoms with van der Waals surface area (Å²) >= 11 is 0. The van der Waals surface area contributed by atoms with Crippen molar-refractivity contribution in [3.63, 3.8) is 0 Å². The molecule has 0 radical (unpaired) electrons. The highest BCUT2D eigenvalue weighted by molar-refractivity contribution is 5.95. The molecule has 0 atom stereocenters. The Morgan fingerprint density at radius 1 is 1.05 bits per heavy atom. The van der Waals surface area contributed by atoms with Gasteiger partial charge in [-0.2, -0.15) is 18.4 Å². The van der Waals surface area contributed by atoms with E-state index >= 15 is 0 Å². The summed E-state index contributed by atoms with van der Waals surface area (Å²) in [7, 11) is 0. The fourth-order valence-electron chi connectivity index (χ4n) is 4.53. The minimum atomic E-state index is -4.33. The first-order valence-corrected chi connectivity index (χ1v) is 12.8. The number of nitriles is 1. The number of amides is 1. The number of carbonyl (C=O) groups excluding carboxylic acids is 1. The highest BCUT2D eigenvalue weighted by atomic mass is 19.4. The van der Waals surface area contributed by atoms with Gasteiger partial charge in [0.2, 0.25) is 5.91 Å². The number of piperazine rings is 1. The summed E-state index contributed by atoms with van der Waals surface area (Å²) in [5.74, 6) is -2.94. The molecule has 0 aromatic heterocycles. The van der Waals surface area contributed by atoms with Gasteiger partial charge in [0.25, 0.3) is 5.92 Å². The van der Waals surface area contributed by atoms with Crippen LogP contribution in [-0.4, -0.2) is 71.9 Å². The molecular weight excluding hydrogens is 517 g/mol. The van der Waals surface area contributed by atoms with Crippen molar-refractivity contribution in [1.82, 2.24) is 14.7 Å². The second kappa shape index (κ2) is 11.9. The topological polar surface area (TPSA) is 62.9 Å². The lowest BCUT2D eigenvalue weighted by molar-refractivity contribution is -0.135. The van der Waals surface area contributed by atoms with Gasteiger partial charge in [0.1, 0.15) is 12.4 Å². The van der Waals surface area contributed by atoms with Crippen LogP contribution in [0.4, 0.5) is 22.0 Å². The van der Waals surface area contributed by atoms with Gasteiger partial charge in [-0.15, -0.1) is 0 Å². The molecule has 1 aromatic rings. The number of carbonyl (C=O) groups is 1. The molecule has 1 fully saturated rings. The average Bonchev–Trinajstić information content (AvgIpc) is 2.84. The van der Waals surface area contributed by atoms with Gasteiger partial charge in [0.15, 0.2) is 0 Å². The van der Waals surface area contributed by atoms with Gasteiger partial charge in [0.05, 0.1) is 17.2 Å². The molecule has 6 nitrogen and oxygen atoms in total. The van der Waals surface area contributed by atoms with Gasteiger partial charge in [-0.05, 0) is 26.3 Å². The number of hydrogen-bond acceptors (Lipinski definition) is 5. The zero-order chi connectivity index (χ0) is 29.0. The smallest absolute Gasteiger partial charge is 0.339 e. The molecule has 1 saturated heterocycles. The van der Waals surface area contributed by atoms with Crippen LogP contribution in [0.1, 0.15) is 51.2 Å². The van der Waals surface area contributed by atoms with Gasteiger partial charge >= 0.3 is 6.18 Å². The lowest BCUT2D eigenvalue weighted by Crippen LogP contribution is -2.53. The largest absolute Gasteiger partial charge is 0.389 e. The molecule has 11 heteroatoms. The predicted octanol–water partition coefficient (Wildman–Crippen LogP) is 5.79. The van der Waals surface area contributed by atoms with E-state index in [0.717, 1.165) is 6.92 Å². The van der Waals surface area contributed by atoms with Crippen LogP contribution in [0.3, 0.4) is 0 Å². The third kappa shape index (κ3) is 8.62. The minimum absolute atomic E-state index is 0.0364. The molecule has 2 aliphatic heterocycles. The number of hydrogen-bond donors (Lipinski definition) is 0. The first-order chi connectivity index (χ1) is 18.1. The van der Waals surface area contributed by atoms with Crippen LogP contribution >= 0.6 is 0 Å². The second-order valence-corrected chi connectivity index (χ2v) is 10.7. The number of nitrogens with zero attached hydrogens (tertiary/aromatic N) is 5. The van der Waals surface area contributed by atoms with E-state index in [1.807, 2.05) is 13.8 Å². The lowest BCUT2D eigenvalue weighted by Gasteiger charge is -2.38. The Kier molecular flexibility index (Phi) is 9.21. The molecule has 0 bridgehead atoms. The molecule has 0 spiro atoms. The number of rotatable bonds is 9. The Bertz CT molecular complexity index is 1150. The Labute approximate surface area is 226 Å². The van der Waals surface area contributed by atoms with Crippen LogP contribution in [-0.2, 0) is 10.7 Å². The maximum atomic E-state index is 13.6. The summed E-state index contributed by atoms with van der Waals surface area (Å²) in [6, 6.07) is 7.81. The highest BCUT2D eigenvalue weighted by Gasteiger charge is 2.31. The second-order valence-electron chi connectivity index (χ2n) is 10.7. The van der Waals surface area contributed by atoms with E-state index in [-0.39, 0.29) is 36.7 Å². The number of halogens is 5. The number of aliphatic imine (C=N–C) groups is 1. The number of allylic oxidation sites excluding steroid dienone is 1. The van der Waals surface area contributed by atoms with Crippen LogP contribution in [0, 0.1) is 16.7 Å². The Balaban J connectivity index is 1.73. The van der Waals surface area contributed by atoms with Crippen molar-refractivity contribution in [3.8, 4) is 6.07 Å². The molecule has 39 heavy (non-hydrogen) atoms. The first-order valence-electron chi connectivity index (χ1n) is 12.8. The zero-order valence-electron chi connectivity index (χ0n) is 22.5. The van der Waals surface area contributed by atoms with Gasteiger partial charge < -0.3 is 9.80 Å². The molecule has 212 valence electrons. The standard InChI is InChI=1S/C28H34F5N5O/c1-20-16-23(21-7-9-22(10-8-21)27(4,29)30)35-24(6-5-11-28(31,32)33)38(20)17-25(39)37-14-12-36(13-15-37)19-26(2,3)18-34/h7-10,16H,1,5-6,11-15,17,19H2,2-4H3. The van der Waals surface area contributed by atoms with E-state index in [0.29, 0.717) is 49.7 Å². The normalized spacial score (nSPS) is 17.6. The Morgan fingerprint density at radius 2 is 1.67 bits per heavy atom. The van der Waals surface area contributed by atoms with Crippen LogP contribution in [0.2, 0.25) is 0 Å².